The van der Waals surface area contributed by atoms with Gasteiger partial charge in [0.25, 0.3) is 0 Å². The van der Waals surface area contributed by atoms with Crippen molar-refractivity contribution < 1.29 is 4.74 Å². The molecule has 1 atom stereocenters. The van der Waals surface area contributed by atoms with Gasteiger partial charge in [-0.2, -0.15) is 5.10 Å². The molecule has 0 saturated carbocycles. The normalized spacial score (nSPS) is 15.7. The Hall–Kier alpha value is -3.18. The number of hydrogen-bond acceptors (Lipinski definition) is 3. The molecular weight excluding hydrogens is 378 g/mol. The number of ether oxygens (including phenoxy) is 1. The Balaban J connectivity index is 1.64. The average Bonchev–Trinajstić information content (AvgIpc) is 3.21. The number of hydrogen-bond donors (Lipinski definition) is 1. The number of rotatable bonds is 4. The molecule has 3 aromatic carbocycles. The molecule has 1 aliphatic heterocycles. The molecule has 0 spiro atoms. The fourth-order valence-electron chi connectivity index (χ4n) is 3.41. The van der Waals surface area contributed by atoms with Crippen molar-refractivity contribution >= 4 is 28.7 Å². The number of thiocarbonyl (C=S) groups is 1. The maximum atomic E-state index is 5.73. The molecule has 29 heavy (non-hydrogen) atoms. The summed E-state index contributed by atoms with van der Waals surface area (Å²) in [5.41, 5.74) is 5.48. The highest BCUT2D eigenvalue weighted by Crippen LogP contribution is 2.34. The SMILES string of the molecule is COc1ccc([C@@H]2CC(c3ccc(C)cc3)=NN2C(=S)Nc2ccccc2)cc1. The quantitative estimate of drug-likeness (QED) is 0.582. The zero-order chi connectivity index (χ0) is 20.2. The summed E-state index contributed by atoms with van der Waals surface area (Å²) in [6.45, 7) is 2.09. The fraction of sp³-hybridized carbons (Fsp3) is 0.167. The van der Waals surface area contributed by atoms with Crippen LogP contribution >= 0.6 is 12.2 Å². The van der Waals surface area contributed by atoms with Gasteiger partial charge in [-0.3, -0.25) is 0 Å². The van der Waals surface area contributed by atoms with Gasteiger partial charge in [-0.1, -0.05) is 60.2 Å². The van der Waals surface area contributed by atoms with Crippen molar-refractivity contribution in [2.75, 3.05) is 12.4 Å². The molecule has 3 aromatic rings. The van der Waals surface area contributed by atoms with Crippen molar-refractivity contribution in [3.8, 4) is 5.75 Å². The largest absolute Gasteiger partial charge is 0.497 e. The van der Waals surface area contributed by atoms with E-state index in [1.165, 1.54) is 5.56 Å². The summed E-state index contributed by atoms with van der Waals surface area (Å²) < 4.78 is 5.31. The molecule has 0 aliphatic carbocycles. The van der Waals surface area contributed by atoms with E-state index in [1.54, 1.807) is 7.11 Å². The summed E-state index contributed by atoms with van der Waals surface area (Å²) in [5, 5.41) is 10.7. The Morgan fingerprint density at radius 2 is 1.69 bits per heavy atom. The van der Waals surface area contributed by atoms with Crippen LogP contribution in [0.15, 0.2) is 84.0 Å². The highest BCUT2D eigenvalue weighted by atomic mass is 32.1. The highest BCUT2D eigenvalue weighted by Gasteiger charge is 2.31. The Morgan fingerprint density at radius 3 is 2.34 bits per heavy atom. The van der Waals surface area contributed by atoms with Crippen LogP contribution in [-0.2, 0) is 0 Å². The van der Waals surface area contributed by atoms with Crippen molar-refractivity contribution in [2.24, 2.45) is 5.10 Å². The van der Waals surface area contributed by atoms with Gasteiger partial charge in [0.15, 0.2) is 5.11 Å². The Labute approximate surface area is 176 Å². The summed E-state index contributed by atoms with van der Waals surface area (Å²) in [4.78, 5) is 0. The Bertz CT molecular complexity index is 1010. The number of nitrogens with zero attached hydrogens (tertiary/aromatic N) is 2. The molecule has 146 valence electrons. The van der Waals surface area contributed by atoms with Crippen LogP contribution in [0.2, 0.25) is 0 Å². The van der Waals surface area contributed by atoms with E-state index in [0.29, 0.717) is 5.11 Å². The third kappa shape index (κ3) is 4.30. The van der Waals surface area contributed by atoms with Gasteiger partial charge in [-0.15, -0.1) is 0 Å². The topological polar surface area (TPSA) is 36.9 Å². The summed E-state index contributed by atoms with van der Waals surface area (Å²) in [7, 11) is 1.67. The summed E-state index contributed by atoms with van der Waals surface area (Å²) in [5.74, 6) is 0.836. The van der Waals surface area contributed by atoms with E-state index in [2.05, 4.69) is 48.6 Å². The molecule has 0 aromatic heterocycles. The molecule has 0 radical (unpaired) electrons. The molecule has 0 fully saturated rings. The van der Waals surface area contributed by atoms with Gasteiger partial charge in [-0.05, 0) is 54.5 Å². The van der Waals surface area contributed by atoms with E-state index in [4.69, 9.17) is 22.1 Å². The van der Waals surface area contributed by atoms with Crippen molar-refractivity contribution in [3.05, 3.63) is 95.6 Å². The van der Waals surface area contributed by atoms with Gasteiger partial charge in [0, 0.05) is 12.1 Å². The lowest BCUT2D eigenvalue weighted by Crippen LogP contribution is -2.31. The van der Waals surface area contributed by atoms with Crippen molar-refractivity contribution in [3.63, 3.8) is 0 Å². The van der Waals surface area contributed by atoms with Crippen molar-refractivity contribution in [1.29, 1.82) is 0 Å². The number of para-hydroxylation sites is 1. The molecule has 4 nitrogen and oxygen atoms in total. The van der Waals surface area contributed by atoms with Crippen LogP contribution in [0, 0.1) is 6.92 Å². The minimum atomic E-state index is 0.0286. The zero-order valence-electron chi connectivity index (χ0n) is 16.5. The van der Waals surface area contributed by atoms with E-state index in [-0.39, 0.29) is 6.04 Å². The minimum Gasteiger partial charge on any atom is -0.497 e. The molecule has 0 amide bonds. The van der Waals surface area contributed by atoms with Crippen LogP contribution in [-0.4, -0.2) is 22.9 Å². The summed E-state index contributed by atoms with van der Waals surface area (Å²) in [6.07, 6.45) is 0.784. The molecule has 0 bridgehead atoms. The van der Waals surface area contributed by atoms with Gasteiger partial charge in [-0.25, -0.2) is 5.01 Å². The van der Waals surface area contributed by atoms with E-state index in [0.717, 1.165) is 34.7 Å². The lowest BCUT2D eigenvalue weighted by atomic mass is 9.98. The second-order valence-corrected chi connectivity index (χ2v) is 7.43. The van der Waals surface area contributed by atoms with Gasteiger partial charge in [0.1, 0.15) is 5.75 Å². The third-order valence-corrected chi connectivity index (χ3v) is 5.32. The highest BCUT2D eigenvalue weighted by molar-refractivity contribution is 7.80. The van der Waals surface area contributed by atoms with E-state index in [1.807, 2.05) is 47.5 Å². The van der Waals surface area contributed by atoms with Crippen molar-refractivity contribution in [1.82, 2.24) is 5.01 Å². The third-order valence-electron chi connectivity index (χ3n) is 5.03. The molecule has 0 saturated heterocycles. The Kier molecular flexibility index (Phi) is 5.58. The van der Waals surface area contributed by atoms with Gasteiger partial charge in [0.05, 0.1) is 18.9 Å². The number of aryl methyl sites for hydroxylation is 1. The van der Waals surface area contributed by atoms with Crippen LogP contribution in [0.5, 0.6) is 5.75 Å². The smallest absolute Gasteiger partial charge is 0.194 e. The van der Waals surface area contributed by atoms with E-state index in [9.17, 15) is 0 Å². The second kappa shape index (κ2) is 8.45. The van der Waals surface area contributed by atoms with Crippen LogP contribution < -0.4 is 10.1 Å². The van der Waals surface area contributed by atoms with Gasteiger partial charge < -0.3 is 10.1 Å². The monoisotopic (exact) mass is 401 g/mol. The molecule has 0 unspecified atom stereocenters. The minimum absolute atomic E-state index is 0.0286. The number of benzene rings is 3. The van der Waals surface area contributed by atoms with Crippen LogP contribution in [0.3, 0.4) is 0 Å². The predicted octanol–water partition coefficient (Wildman–Crippen LogP) is 5.55. The van der Waals surface area contributed by atoms with Crippen LogP contribution in [0.4, 0.5) is 5.69 Å². The lowest BCUT2D eigenvalue weighted by Gasteiger charge is -2.25. The fourth-order valence-corrected chi connectivity index (χ4v) is 3.69. The molecular formula is C24H23N3OS. The molecule has 1 aliphatic rings. The first-order chi connectivity index (χ1) is 14.1. The predicted molar refractivity (Wildman–Crippen MR) is 123 cm³/mol. The first-order valence-electron chi connectivity index (χ1n) is 9.58. The second-order valence-electron chi connectivity index (χ2n) is 7.05. The number of methoxy groups -OCH3 is 1. The van der Waals surface area contributed by atoms with Gasteiger partial charge in [0.2, 0.25) is 0 Å². The zero-order valence-corrected chi connectivity index (χ0v) is 17.3. The molecule has 4 rings (SSSR count). The average molecular weight is 402 g/mol. The van der Waals surface area contributed by atoms with Gasteiger partial charge >= 0.3 is 0 Å². The maximum Gasteiger partial charge on any atom is 0.194 e. The Morgan fingerprint density at radius 1 is 1.00 bits per heavy atom. The first-order valence-corrected chi connectivity index (χ1v) is 9.98. The number of anilines is 1. The summed E-state index contributed by atoms with van der Waals surface area (Å²) in [6, 6.07) is 26.6. The standard InChI is InChI=1S/C24H23N3OS/c1-17-8-10-18(11-9-17)22-16-23(19-12-14-21(28-2)15-13-19)27(26-22)24(29)25-20-6-4-3-5-7-20/h3-15,23H,16H2,1-2H3,(H,25,29)/t23-/m0/s1. The van der Waals surface area contributed by atoms with E-state index < -0.39 is 0 Å². The van der Waals surface area contributed by atoms with Crippen molar-refractivity contribution in [2.45, 2.75) is 19.4 Å². The first kappa shape index (κ1) is 19.2. The molecule has 5 heteroatoms. The number of hydrazone groups is 1. The number of nitrogens with one attached hydrogen (secondary N) is 1. The van der Waals surface area contributed by atoms with Crippen LogP contribution in [0.1, 0.15) is 29.2 Å². The van der Waals surface area contributed by atoms with E-state index >= 15 is 0 Å². The summed E-state index contributed by atoms with van der Waals surface area (Å²) >= 11 is 5.73. The molecule has 1 heterocycles. The lowest BCUT2D eigenvalue weighted by molar-refractivity contribution is 0.374. The maximum absolute atomic E-state index is 5.73. The van der Waals surface area contributed by atoms with Crippen LogP contribution in [0.25, 0.3) is 0 Å². The molecule has 1 N–H and O–H groups in total.